The van der Waals surface area contributed by atoms with E-state index < -0.39 is 5.97 Å². The predicted octanol–water partition coefficient (Wildman–Crippen LogP) is 1.02. The fraction of sp³-hybridized carbons (Fsp3) is 0.857. The van der Waals surface area contributed by atoms with Gasteiger partial charge in [0.15, 0.2) is 0 Å². The van der Waals surface area contributed by atoms with E-state index in [2.05, 4.69) is 22.5 Å². The Bertz CT molecular complexity index is 358. The van der Waals surface area contributed by atoms with Gasteiger partial charge >= 0.3 is 12.0 Å². The SMILES string of the molecule is CCN1CCCC1CNC(=O)NC(CC(=O)O)C1CC1. The van der Waals surface area contributed by atoms with Crippen LogP contribution in [-0.2, 0) is 4.79 Å². The topological polar surface area (TPSA) is 81.7 Å². The van der Waals surface area contributed by atoms with Gasteiger partial charge in [-0.25, -0.2) is 4.79 Å². The molecule has 0 bridgehead atoms. The molecule has 2 amide bonds. The van der Waals surface area contributed by atoms with Gasteiger partial charge in [0.05, 0.1) is 6.42 Å². The molecule has 6 heteroatoms. The summed E-state index contributed by atoms with van der Waals surface area (Å²) in [4.78, 5) is 25.1. The highest BCUT2D eigenvalue weighted by molar-refractivity contribution is 5.75. The monoisotopic (exact) mass is 283 g/mol. The van der Waals surface area contributed by atoms with Crippen molar-refractivity contribution in [2.45, 2.75) is 51.1 Å². The van der Waals surface area contributed by atoms with Crippen molar-refractivity contribution in [2.24, 2.45) is 5.92 Å². The second-order valence-corrected chi connectivity index (χ2v) is 5.82. The fourth-order valence-corrected chi connectivity index (χ4v) is 2.99. The first-order valence-corrected chi connectivity index (χ1v) is 7.60. The van der Waals surface area contributed by atoms with Crippen molar-refractivity contribution in [2.75, 3.05) is 19.6 Å². The lowest BCUT2D eigenvalue weighted by atomic mass is 10.1. The molecule has 0 aromatic rings. The Kier molecular flexibility index (Phi) is 5.23. The number of nitrogens with zero attached hydrogens (tertiary/aromatic N) is 1. The van der Waals surface area contributed by atoms with E-state index in [1.54, 1.807) is 0 Å². The van der Waals surface area contributed by atoms with Crippen LogP contribution >= 0.6 is 0 Å². The Balaban J connectivity index is 1.72. The number of likely N-dealkylation sites (N-methyl/N-ethyl adjacent to an activating group) is 1. The summed E-state index contributed by atoms with van der Waals surface area (Å²) in [6.45, 7) is 4.89. The minimum absolute atomic E-state index is 0.0165. The van der Waals surface area contributed by atoms with Crippen LogP contribution in [0.25, 0.3) is 0 Å². The molecular weight excluding hydrogens is 258 g/mol. The van der Waals surface area contributed by atoms with Crippen LogP contribution in [0.15, 0.2) is 0 Å². The van der Waals surface area contributed by atoms with E-state index in [0.717, 1.165) is 32.4 Å². The standard InChI is InChI=1S/C14H25N3O3/c1-2-17-7-3-4-11(17)9-15-14(20)16-12(8-13(18)19)10-5-6-10/h10-12H,2-9H2,1H3,(H,18,19)(H2,15,16,20). The molecule has 0 radical (unpaired) electrons. The zero-order valence-corrected chi connectivity index (χ0v) is 12.1. The zero-order valence-electron chi connectivity index (χ0n) is 12.1. The molecule has 2 unspecified atom stereocenters. The third-order valence-corrected chi connectivity index (χ3v) is 4.31. The van der Waals surface area contributed by atoms with Crippen molar-refractivity contribution in [3.8, 4) is 0 Å². The number of carbonyl (C=O) groups excluding carboxylic acids is 1. The Labute approximate surface area is 119 Å². The molecule has 2 rings (SSSR count). The van der Waals surface area contributed by atoms with Gasteiger partial charge in [-0.2, -0.15) is 0 Å². The van der Waals surface area contributed by atoms with Gasteiger partial charge in [-0.1, -0.05) is 6.92 Å². The van der Waals surface area contributed by atoms with E-state index >= 15 is 0 Å². The molecule has 1 saturated heterocycles. The molecule has 3 N–H and O–H groups in total. The Hall–Kier alpha value is -1.30. The summed E-state index contributed by atoms with van der Waals surface area (Å²) >= 11 is 0. The molecule has 1 aliphatic carbocycles. The Morgan fingerprint density at radius 2 is 2.10 bits per heavy atom. The number of likely N-dealkylation sites (tertiary alicyclic amines) is 1. The first-order valence-electron chi connectivity index (χ1n) is 7.60. The van der Waals surface area contributed by atoms with Gasteiger partial charge in [-0.3, -0.25) is 9.69 Å². The number of carboxylic acids is 1. The van der Waals surface area contributed by atoms with Crippen LogP contribution in [-0.4, -0.2) is 53.7 Å². The smallest absolute Gasteiger partial charge is 0.315 e. The third kappa shape index (κ3) is 4.37. The third-order valence-electron chi connectivity index (χ3n) is 4.31. The number of nitrogens with one attached hydrogen (secondary N) is 2. The predicted molar refractivity (Wildman–Crippen MR) is 75.6 cm³/mol. The maximum Gasteiger partial charge on any atom is 0.315 e. The summed E-state index contributed by atoms with van der Waals surface area (Å²) in [5, 5.41) is 14.6. The van der Waals surface area contributed by atoms with E-state index in [4.69, 9.17) is 5.11 Å². The molecule has 1 heterocycles. The number of hydrogen-bond acceptors (Lipinski definition) is 3. The average molecular weight is 283 g/mol. The van der Waals surface area contributed by atoms with Crippen molar-refractivity contribution >= 4 is 12.0 Å². The largest absolute Gasteiger partial charge is 0.481 e. The Morgan fingerprint density at radius 3 is 2.70 bits per heavy atom. The molecule has 2 fully saturated rings. The van der Waals surface area contributed by atoms with Crippen molar-refractivity contribution in [1.82, 2.24) is 15.5 Å². The molecule has 0 aromatic carbocycles. The highest BCUT2D eigenvalue weighted by Gasteiger charge is 2.34. The lowest BCUT2D eigenvalue weighted by Gasteiger charge is -2.24. The van der Waals surface area contributed by atoms with Crippen LogP contribution in [0.3, 0.4) is 0 Å². The zero-order chi connectivity index (χ0) is 14.5. The number of aliphatic carboxylic acids is 1. The fourth-order valence-electron chi connectivity index (χ4n) is 2.99. The van der Waals surface area contributed by atoms with Crippen LogP contribution in [0.5, 0.6) is 0 Å². The van der Waals surface area contributed by atoms with Crippen molar-refractivity contribution in [1.29, 1.82) is 0 Å². The summed E-state index contributed by atoms with van der Waals surface area (Å²) in [5.41, 5.74) is 0. The average Bonchev–Trinajstić information content (AvgIpc) is 3.14. The molecule has 2 aliphatic rings. The van der Waals surface area contributed by atoms with Crippen molar-refractivity contribution < 1.29 is 14.7 Å². The summed E-state index contributed by atoms with van der Waals surface area (Å²) in [6, 6.07) is -0.0333. The normalized spacial score (nSPS) is 24.4. The maximum absolute atomic E-state index is 11.9. The van der Waals surface area contributed by atoms with Crippen LogP contribution in [0, 0.1) is 5.92 Å². The number of hydrogen-bond donors (Lipinski definition) is 3. The van der Waals surface area contributed by atoms with E-state index in [1.807, 2.05) is 0 Å². The van der Waals surface area contributed by atoms with Gasteiger partial charge in [0.1, 0.15) is 0 Å². The second-order valence-electron chi connectivity index (χ2n) is 5.82. The van der Waals surface area contributed by atoms with Gasteiger partial charge in [0.2, 0.25) is 0 Å². The van der Waals surface area contributed by atoms with E-state index in [-0.39, 0.29) is 18.5 Å². The number of rotatable bonds is 7. The molecule has 114 valence electrons. The van der Waals surface area contributed by atoms with Gasteiger partial charge in [0.25, 0.3) is 0 Å². The lowest BCUT2D eigenvalue weighted by molar-refractivity contribution is -0.137. The Morgan fingerprint density at radius 1 is 1.35 bits per heavy atom. The molecule has 0 aromatic heterocycles. The molecule has 20 heavy (non-hydrogen) atoms. The summed E-state index contributed by atoms with van der Waals surface area (Å²) in [5.74, 6) is -0.509. The first kappa shape index (κ1) is 15.1. The number of carbonyl (C=O) groups is 2. The van der Waals surface area contributed by atoms with Gasteiger partial charge in [-0.15, -0.1) is 0 Å². The highest BCUT2D eigenvalue weighted by atomic mass is 16.4. The summed E-state index contributed by atoms with van der Waals surface area (Å²) in [6.07, 6.45) is 4.36. The quantitative estimate of drug-likeness (QED) is 0.651. The molecule has 1 aliphatic heterocycles. The van der Waals surface area contributed by atoms with Crippen molar-refractivity contribution in [3.63, 3.8) is 0 Å². The van der Waals surface area contributed by atoms with E-state index in [1.165, 1.54) is 6.42 Å². The minimum Gasteiger partial charge on any atom is -0.481 e. The first-order chi connectivity index (χ1) is 9.60. The molecule has 6 nitrogen and oxygen atoms in total. The number of amides is 2. The van der Waals surface area contributed by atoms with Gasteiger partial charge in [0, 0.05) is 18.6 Å². The van der Waals surface area contributed by atoms with Crippen molar-refractivity contribution in [3.05, 3.63) is 0 Å². The molecular formula is C14H25N3O3. The molecule has 0 spiro atoms. The number of carboxylic acid groups (broad SMARTS) is 1. The van der Waals surface area contributed by atoms with Gasteiger partial charge < -0.3 is 15.7 Å². The maximum atomic E-state index is 11.9. The number of urea groups is 1. The van der Waals surface area contributed by atoms with E-state index in [9.17, 15) is 9.59 Å². The highest BCUT2D eigenvalue weighted by Crippen LogP contribution is 2.33. The second kappa shape index (κ2) is 6.92. The lowest BCUT2D eigenvalue weighted by Crippen LogP contribution is -2.48. The van der Waals surface area contributed by atoms with Crippen LogP contribution < -0.4 is 10.6 Å². The summed E-state index contributed by atoms with van der Waals surface area (Å²) in [7, 11) is 0. The van der Waals surface area contributed by atoms with Gasteiger partial charge in [-0.05, 0) is 44.7 Å². The van der Waals surface area contributed by atoms with Crippen LogP contribution in [0.4, 0.5) is 4.79 Å². The molecule has 2 atom stereocenters. The van der Waals surface area contributed by atoms with Crippen LogP contribution in [0.2, 0.25) is 0 Å². The minimum atomic E-state index is -0.852. The van der Waals surface area contributed by atoms with Crippen LogP contribution in [0.1, 0.15) is 39.0 Å². The molecule has 1 saturated carbocycles. The van der Waals surface area contributed by atoms with E-state index in [0.29, 0.717) is 18.5 Å². The summed E-state index contributed by atoms with van der Waals surface area (Å²) < 4.78 is 0.